The van der Waals surface area contributed by atoms with Crippen LogP contribution in [0.4, 0.5) is 3.89 Å². The Morgan fingerprint density at radius 1 is 1.44 bits per heavy atom. The molecular formula is C12H16BrFN2OS. The van der Waals surface area contributed by atoms with E-state index in [9.17, 15) is 3.89 Å². The minimum absolute atomic E-state index is 0.137. The molecule has 0 aliphatic carbocycles. The number of ether oxygens (including phenoxy) is 1. The first-order valence-electron chi connectivity index (χ1n) is 5.67. The van der Waals surface area contributed by atoms with Crippen LogP contribution in [0.3, 0.4) is 0 Å². The molecule has 1 aromatic heterocycles. The van der Waals surface area contributed by atoms with Gasteiger partial charge in [0.15, 0.2) is 18.2 Å². The van der Waals surface area contributed by atoms with Crippen LogP contribution in [0.25, 0.3) is 11.0 Å². The second kappa shape index (κ2) is 7.11. The number of fused-ring (bicyclic) bond motifs is 1. The van der Waals surface area contributed by atoms with Gasteiger partial charge in [-0.25, -0.2) is 8.96 Å². The topological polar surface area (TPSA) is 27.1 Å². The Bertz CT molecular complexity index is 518. The van der Waals surface area contributed by atoms with Crippen LogP contribution in [0, 0.1) is 0 Å². The monoisotopic (exact) mass is 334 g/mol. The lowest BCUT2D eigenvalue weighted by Gasteiger charge is -2.08. The standard InChI is InChI=1S/C10H10BrFN2OS.C2H6/c1-6(15-2)10-13-8-4-3-7(11)5-9(8)14(10)16-12;1-2/h3-6H,1-2H3;1-2H3. The largest absolute Gasteiger partial charge is 0.374 e. The average Bonchev–Trinajstić information content (AvgIpc) is 2.77. The molecule has 1 atom stereocenters. The second-order valence-electron chi connectivity index (χ2n) is 3.34. The van der Waals surface area contributed by atoms with Crippen molar-refractivity contribution in [1.82, 2.24) is 8.96 Å². The molecule has 1 heterocycles. The van der Waals surface area contributed by atoms with Crippen molar-refractivity contribution in [3.63, 3.8) is 0 Å². The van der Waals surface area contributed by atoms with Crippen LogP contribution >= 0.6 is 28.3 Å². The molecule has 0 saturated heterocycles. The molecule has 0 spiro atoms. The van der Waals surface area contributed by atoms with E-state index in [1.807, 2.05) is 39.0 Å². The molecule has 0 fully saturated rings. The summed E-state index contributed by atoms with van der Waals surface area (Å²) in [5.41, 5.74) is 1.49. The Labute approximate surface area is 119 Å². The van der Waals surface area contributed by atoms with Crippen LogP contribution in [0.2, 0.25) is 0 Å². The first kappa shape index (κ1) is 15.5. The summed E-state index contributed by atoms with van der Waals surface area (Å²) >= 11 is 3.49. The molecular weight excluding hydrogens is 319 g/mol. The first-order valence-corrected chi connectivity index (χ1v) is 7.14. The van der Waals surface area contributed by atoms with E-state index in [0.717, 1.165) is 15.5 Å². The molecule has 0 radical (unpaired) electrons. The van der Waals surface area contributed by atoms with E-state index in [4.69, 9.17) is 4.74 Å². The van der Waals surface area contributed by atoms with Crippen molar-refractivity contribution < 1.29 is 8.62 Å². The maximum absolute atomic E-state index is 12.9. The molecule has 3 nitrogen and oxygen atoms in total. The van der Waals surface area contributed by atoms with Crippen LogP contribution in [0.1, 0.15) is 32.7 Å². The molecule has 100 valence electrons. The van der Waals surface area contributed by atoms with Crippen LogP contribution in [-0.4, -0.2) is 16.1 Å². The minimum Gasteiger partial charge on any atom is -0.374 e. The summed E-state index contributed by atoms with van der Waals surface area (Å²) in [6, 6.07) is 5.56. The fraction of sp³-hybridized carbons (Fsp3) is 0.417. The summed E-state index contributed by atoms with van der Waals surface area (Å²) in [6.07, 6.45) is -0.241. The number of halogens is 2. The molecule has 0 saturated carbocycles. The van der Waals surface area contributed by atoms with E-state index in [0.29, 0.717) is 5.82 Å². The number of aromatic nitrogens is 2. The van der Waals surface area contributed by atoms with Crippen molar-refractivity contribution in [2.45, 2.75) is 26.9 Å². The quantitative estimate of drug-likeness (QED) is 0.797. The molecule has 1 unspecified atom stereocenters. The van der Waals surface area contributed by atoms with Gasteiger partial charge in [0.2, 0.25) is 0 Å². The highest BCUT2D eigenvalue weighted by atomic mass is 79.9. The van der Waals surface area contributed by atoms with E-state index < -0.39 is 0 Å². The van der Waals surface area contributed by atoms with E-state index >= 15 is 0 Å². The van der Waals surface area contributed by atoms with Crippen molar-refractivity contribution in [1.29, 1.82) is 0 Å². The maximum atomic E-state index is 12.9. The zero-order chi connectivity index (χ0) is 13.7. The van der Waals surface area contributed by atoms with Crippen LogP contribution in [0.5, 0.6) is 0 Å². The Morgan fingerprint density at radius 2 is 2.11 bits per heavy atom. The van der Waals surface area contributed by atoms with Crippen molar-refractivity contribution in [2.24, 2.45) is 0 Å². The number of hydrogen-bond acceptors (Lipinski definition) is 3. The zero-order valence-electron chi connectivity index (χ0n) is 10.8. The van der Waals surface area contributed by atoms with Gasteiger partial charge in [-0.2, -0.15) is 0 Å². The van der Waals surface area contributed by atoms with Crippen molar-refractivity contribution in [3.8, 4) is 0 Å². The Kier molecular flexibility index (Phi) is 6.11. The third-order valence-corrected chi connectivity index (χ3v) is 3.40. The normalized spacial score (nSPS) is 12.1. The first-order chi connectivity index (χ1) is 8.67. The van der Waals surface area contributed by atoms with E-state index in [1.165, 1.54) is 3.97 Å². The van der Waals surface area contributed by atoms with Crippen molar-refractivity contribution in [2.75, 3.05) is 7.11 Å². The summed E-state index contributed by atoms with van der Waals surface area (Å²) in [5, 5.41) is 0. The molecule has 1 aromatic carbocycles. The number of benzene rings is 1. The SMILES string of the molecule is CC.COC(C)c1nc2ccc(Br)cc2n1SF. The highest BCUT2D eigenvalue weighted by molar-refractivity contribution is 9.10. The highest BCUT2D eigenvalue weighted by Gasteiger charge is 2.17. The average molecular weight is 335 g/mol. The predicted molar refractivity (Wildman–Crippen MR) is 78.3 cm³/mol. The molecule has 0 aliphatic heterocycles. The van der Waals surface area contributed by atoms with Gasteiger partial charge in [0.25, 0.3) is 0 Å². The number of imidazole rings is 1. The predicted octanol–water partition coefficient (Wildman–Crippen LogP) is 4.91. The smallest absolute Gasteiger partial charge is 0.171 e. The van der Waals surface area contributed by atoms with Crippen LogP contribution in [0.15, 0.2) is 22.7 Å². The summed E-state index contributed by atoms with van der Waals surface area (Å²) < 4.78 is 20.4. The van der Waals surface area contributed by atoms with Gasteiger partial charge in [0, 0.05) is 11.6 Å². The van der Waals surface area contributed by atoms with Gasteiger partial charge in [-0.3, -0.25) is 0 Å². The highest BCUT2D eigenvalue weighted by Crippen LogP contribution is 2.29. The fourth-order valence-electron chi connectivity index (χ4n) is 1.48. The fourth-order valence-corrected chi connectivity index (χ4v) is 2.31. The lowest BCUT2D eigenvalue weighted by atomic mass is 10.3. The van der Waals surface area contributed by atoms with Gasteiger partial charge in [-0.15, -0.1) is 3.89 Å². The number of methoxy groups -OCH3 is 1. The summed E-state index contributed by atoms with van der Waals surface area (Å²) in [4.78, 5) is 4.35. The third kappa shape index (κ3) is 3.05. The number of hydrogen-bond donors (Lipinski definition) is 0. The molecule has 2 rings (SSSR count). The Balaban J connectivity index is 0.000000771. The Hall–Kier alpha value is -0.590. The second-order valence-corrected chi connectivity index (χ2v) is 4.76. The van der Waals surface area contributed by atoms with Crippen molar-refractivity contribution >= 4 is 39.3 Å². The van der Waals surface area contributed by atoms with Gasteiger partial charge in [0.1, 0.15) is 6.10 Å². The number of nitrogens with zero attached hydrogens (tertiary/aromatic N) is 2. The molecule has 2 aromatic rings. The lowest BCUT2D eigenvalue weighted by Crippen LogP contribution is -2.02. The maximum Gasteiger partial charge on any atom is 0.171 e. The van der Waals surface area contributed by atoms with Gasteiger partial charge < -0.3 is 4.74 Å². The summed E-state index contributed by atoms with van der Waals surface area (Å²) in [7, 11) is 1.58. The van der Waals surface area contributed by atoms with Gasteiger partial charge in [-0.1, -0.05) is 29.8 Å². The lowest BCUT2D eigenvalue weighted by molar-refractivity contribution is 0.112. The van der Waals surface area contributed by atoms with Crippen LogP contribution in [-0.2, 0) is 4.74 Å². The van der Waals surface area contributed by atoms with E-state index in [1.54, 1.807) is 7.11 Å². The molecule has 18 heavy (non-hydrogen) atoms. The molecule has 6 heteroatoms. The molecule has 0 aliphatic rings. The zero-order valence-corrected chi connectivity index (χ0v) is 13.2. The van der Waals surface area contributed by atoms with Gasteiger partial charge >= 0.3 is 0 Å². The van der Waals surface area contributed by atoms with E-state index in [2.05, 4.69) is 20.9 Å². The summed E-state index contributed by atoms with van der Waals surface area (Å²) in [5.74, 6) is 0.572. The molecule has 0 amide bonds. The van der Waals surface area contributed by atoms with Gasteiger partial charge in [-0.05, 0) is 25.1 Å². The molecule has 0 bridgehead atoms. The third-order valence-electron chi connectivity index (χ3n) is 2.39. The molecule has 0 N–H and O–H groups in total. The minimum atomic E-state index is -0.241. The van der Waals surface area contributed by atoms with Crippen LogP contribution < -0.4 is 0 Å². The van der Waals surface area contributed by atoms with E-state index in [-0.39, 0.29) is 18.4 Å². The van der Waals surface area contributed by atoms with Crippen molar-refractivity contribution in [3.05, 3.63) is 28.5 Å². The van der Waals surface area contributed by atoms with Gasteiger partial charge in [0.05, 0.1) is 11.0 Å². The summed E-state index contributed by atoms with van der Waals surface area (Å²) in [6.45, 7) is 5.84. The number of rotatable bonds is 3. The Morgan fingerprint density at radius 3 is 2.67 bits per heavy atom.